The van der Waals surface area contributed by atoms with Crippen molar-refractivity contribution in [3.8, 4) is 0 Å². The van der Waals surface area contributed by atoms with Gasteiger partial charge >= 0.3 is 0 Å². The fourth-order valence-corrected chi connectivity index (χ4v) is 2.54. The summed E-state index contributed by atoms with van der Waals surface area (Å²) in [6.45, 7) is 2.03. The Morgan fingerprint density at radius 3 is 2.67 bits per heavy atom. The Kier molecular flexibility index (Phi) is 3.68. The zero-order valence-electron chi connectivity index (χ0n) is 11.5. The molecule has 0 aromatic carbocycles. The van der Waals surface area contributed by atoms with Gasteiger partial charge in [0.05, 0.1) is 11.9 Å². The highest BCUT2D eigenvalue weighted by Gasteiger charge is 2.19. The van der Waals surface area contributed by atoms with Gasteiger partial charge in [0.1, 0.15) is 11.6 Å². The summed E-state index contributed by atoms with van der Waals surface area (Å²) in [5.74, 6) is 0.817. The molecule has 1 amide bonds. The third kappa shape index (κ3) is 2.65. The average molecular weight is 284 g/mol. The summed E-state index contributed by atoms with van der Waals surface area (Å²) in [5.41, 5.74) is 0.567. The van der Waals surface area contributed by atoms with Crippen molar-refractivity contribution in [3.63, 3.8) is 0 Å². The van der Waals surface area contributed by atoms with E-state index in [0.717, 1.165) is 18.9 Å². The van der Waals surface area contributed by atoms with E-state index in [-0.39, 0.29) is 0 Å². The number of hydrogen-bond donors (Lipinski definition) is 1. The van der Waals surface area contributed by atoms with Crippen molar-refractivity contribution in [1.82, 2.24) is 9.97 Å². The van der Waals surface area contributed by atoms with E-state index in [1.165, 1.54) is 17.7 Å². The molecule has 0 aliphatic carbocycles. The first kappa shape index (κ1) is 13.4. The highest BCUT2D eigenvalue weighted by molar-refractivity contribution is 6.32. The highest BCUT2D eigenvalue weighted by Crippen LogP contribution is 2.25. The first-order valence-electron chi connectivity index (χ1n) is 6.93. The van der Waals surface area contributed by atoms with Crippen LogP contribution in [0.2, 0.25) is 0 Å². The number of aldehydes is 1. The first-order chi connectivity index (χ1) is 10.3. The number of rotatable bonds is 4. The van der Waals surface area contributed by atoms with Crippen molar-refractivity contribution in [2.45, 2.75) is 12.8 Å². The van der Waals surface area contributed by atoms with Crippen LogP contribution in [0.1, 0.15) is 12.8 Å². The fourth-order valence-electron chi connectivity index (χ4n) is 2.54. The van der Waals surface area contributed by atoms with Gasteiger partial charge in [0.25, 0.3) is 5.91 Å². The summed E-state index contributed by atoms with van der Waals surface area (Å²) in [5, 5.41) is 0. The van der Waals surface area contributed by atoms with E-state index in [0.29, 0.717) is 17.8 Å². The van der Waals surface area contributed by atoms with Gasteiger partial charge in [-0.15, -0.1) is 0 Å². The number of aromatic nitrogens is 2. The zero-order chi connectivity index (χ0) is 14.7. The van der Waals surface area contributed by atoms with Crippen LogP contribution in [0.4, 0.5) is 17.3 Å². The van der Waals surface area contributed by atoms with Gasteiger partial charge in [-0.1, -0.05) is 0 Å². The lowest BCUT2D eigenvalue weighted by Gasteiger charge is -2.20. The predicted octanol–water partition coefficient (Wildman–Crippen LogP) is 1.87. The molecule has 1 fully saturated rings. The van der Waals surface area contributed by atoms with Crippen molar-refractivity contribution >= 4 is 29.5 Å². The largest absolute Gasteiger partial charge is 0.357 e. The van der Waals surface area contributed by atoms with Crippen LogP contribution in [0.15, 0.2) is 36.7 Å². The van der Waals surface area contributed by atoms with Gasteiger partial charge in [0, 0.05) is 19.3 Å². The Hall–Kier alpha value is -2.63. The van der Waals surface area contributed by atoms with E-state index in [1.807, 2.05) is 12.1 Å². The maximum absolute atomic E-state index is 11.9. The number of nitrogens with one attached hydrogen (secondary N) is 1. The normalized spacial score (nSPS) is 14.2. The van der Waals surface area contributed by atoms with Crippen LogP contribution in [-0.2, 0) is 9.59 Å². The monoisotopic (exact) mass is 284 g/mol. The Labute approximate surface area is 122 Å². The maximum Gasteiger partial charge on any atom is 0.296 e. The molecule has 0 unspecified atom stereocenters. The van der Waals surface area contributed by atoms with Crippen LogP contribution in [0, 0.1) is 0 Å². The van der Waals surface area contributed by atoms with E-state index in [1.54, 1.807) is 24.5 Å². The molecule has 6 nitrogen and oxygen atoms in total. The summed E-state index contributed by atoms with van der Waals surface area (Å²) in [4.78, 5) is 33.6. The standard InChI is InChI=1S/C15H16N4O2/c20-11-15(21)19(14-4-3-7-16-14)12-5-6-13(17-10-12)18-8-1-2-9-18/h3-7,10-11,16H,1-2,8-9H2. The van der Waals surface area contributed by atoms with Crippen LogP contribution >= 0.6 is 0 Å². The second-order valence-electron chi connectivity index (χ2n) is 4.92. The molecule has 3 rings (SSSR count). The number of nitrogens with zero attached hydrogens (tertiary/aromatic N) is 3. The molecule has 0 atom stereocenters. The molecule has 6 heteroatoms. The van der Waals surface area contributed by atoms with E-state index in [9.17, 15) is 9.59 Å². The molecule has 2 aromatic heterocycles. The van der Waals surface area contributed by atoms with Crippen LogP contribution in [0.5, 0.6) is 0 Å². The average Bonchev–Trinajstić information content (AvgIpc) is 3.21. The topological polar surface area (TPSA) is 69.3 Å². The minimum atomic E-state index is -0.631. The lowest BCUT2D eigenvalue weighted by molar-refractivity contribution is -0.129. The minimum Gasteiger partial charge on any atom is -0.357 e. The van der Waals surface area contributed by atoms with E-state index < -0.39 is 5.91 Å². The number of aromatic amines is 1. The quantitative estimate of drug-likeness (QED) is 0.687. The lowest BCUT2D eigenvalue weighted by Crippen LogP contribution is -2.27. The van der Waals surface area contributed by atoms with Gasteiger partial charge in [-0.2, -0.15) is 0 Å². The molecule has 1 saturated heterocycles. The van der Waals surface area contributed by atoms with Gasteiger partial charge < -0.3 is 9.88 Å². The Morgan fingerprint density at radius 2 is 2.10 bits per heavy atom. The summed E-state index contributed by atoms with van der Waals surface area (Å²) in [7, 11) is 0. The molecule has 1 N–H and O–H groups in total. The molecular formula is C15H16N4O2. The predicted molar refractivity (Wildman–Crippen MR) is 79.7 cm³/mol. The van der Waals surface area contributed by atoms with Crippen molar-refractivity contribution < 1.29 is 9.59 Å². The van der Waals surface area contributed by atoms with Gasteiger partial charge in [-0.3, -0.25) is 14.5 Å². The van der Waals surface area contributed by atoms with Gasteiger partial charge in [-0.05, 0) is 37.1 Å². The fraction of sp³-hybridized carbons (Fsp3) is 0.267. The second kappa shape index (κ2) is 5.78. The number of pyridine rings is 1. The summed E-state index contributed by atoms with van der Waals surface area (Å²) < 4.78 is 0. The van der Waals surface area contributed by atoms with Crippen molar-refractivity contribution in [2.24, 2.45) is 0 Å². The number of amides is 1. The molecule has 0 saturated carbocycles. The maximum atomic E-state index is 11.9. The molecule has 2 aromatic rings. The summed E-state index contributed by atoms with van der Waals surface area (Å²) in [6.07, 6.45) is 5.99. The van der Waals surface area contributed by atoms with Crippen molar-refractivity contribution in [2.75, 3.05) is 22.9 Å². The molecule has 1 aliphatic heterocycles. The van der Waals surface area contributed by atoms with E-state index in [2.05, 4.69) is 14.9 Å². The van der Waals surface area contributed by atoms with Gasteiger partial charge in [0.15, 0.2) is 0 Å². The Balaban J connectivity index is 1.89. The first-order valence-corrected chi connectivity index (χ1v) is 6.93. The van der Waals surface area contributed by atoms with Gasteiger partial charge in [0.2, 0.25) is 6.29 Å². The summed E-state index contributed by atoms with van der Waals surface area (Å²) >= 11 is 0. The van der Waals surface area contributed by atoms with Crippen molar-refractivity contribution in [3.05, 3.63) is 36.7 Å². The SMILES string of the molecule is O=CC(=O)N(c1ccc(N2CCCC2)nc1)c1ccc[nH]1. The third-order valence-corrected chi connectivity index (χ3v) is 3.56. The van der Waals surface area contributed by atoms with Crippen LogP contribution in [0.3, 0.4) is 0 Å². The number of H-pyrrole nitrogens is 1. The zero-order valence-corrected chi connectivity index (χ0v) is 11.5. The highest BCUT2D eigenvalue weighted by atomic mass is 16.2. The number of hydrogen-bond acceptors (Lipinski definition) is 4. The lowest BCUT2D eigenvalue weighted by atomic mass is 10.3. The number of carbonyl (C=O) groups excluding carboxylic acids is 2. The molecule has 3 heterocycles. The molecule has 0 bridgehead atoms. The number of carbonyl (C=O) groups is 2. The van der Waals surface area contributed by atoms with Crippen LogP contribution < -0.4 is 9.80 Å². The minimum absolute atomic E-state index is 0.301. The molecule has 0 radical (unpaired) electrons. The van der Waals surface area contributed by atoms with Crippen molar-refractivity contribution in [1.29, 1.82) is 0 Å². The molecule has 21 heavy (non-hydrogen) atoms. The molecule has 1 aliphatic rings. The Morgan fingerprint density at radius 1 is 1.29 bits per heavy atom. The van der Waals surface area contributed by atoms with E-state index in [4.69, 9.17) is 0 Å². The van der Waals surface area contributed by atoms with Crippen LogP contribution in [-0.4, -0.2) is 35.3 Å². The third-order valence-electron chi connectivity index (χ3n) is 3.56. The molecule has 0 spiro atoms. The Bertz CT molecular complexity index is 616. The molecule has 108 valence electrons. The second-order valence-corrected chi connectivity index (χ2v) is 4.92. The van der Waals surface area contributed by atoms with Crippen LogP contribution in [0.25, 0.3) is 0 Å². The smallest absolute Gasteiger partial charge is 0.296 e. The number of anilines is 3. The summed E-state index contributed by atoms with van der Waals surface area (Å²) in [6, 6.07) is 7.19. The molecular weight excluding hydrogens is 268 g/mol. The van der Waals surface area contributed by atoms with E-state index >= 15 is 0 Å². The van der Waals surface area contributed by atoms with Gasteiger partial charge in [-0.25, -0.2) is 4.98 Å².